The van der Waals surface area contributed by atoms with Gasteiger partial charge in [0.05, 0.1) is 22.9 Å². The van der Waals surface area contributed by atoms with Crippen LogP contribution in [-0.4, -0.2) is 20.9 Å². The average Bonchev–Trinajstić information content (AvgIpc) is 2.87. The Kier molecular flexibility index (Phi) is 4.70. The molecule has 3 aromatic rings. The number of nitro groups is 1. The molecule has 2 aromatic carbocycles. The van der Waals surface area contributed by atoms with Crippen LogP contribution in [0.2, 0.25) is 0 Å². The molecule has 0 aliphatic heterocycles. The molecule has 126 valence electrons. The van der Waals surface area contributed by atoms with Crippen LogP contribution in [0, 0.1) is 24.0 Å². The molecule has 25 heavy (non-hydrogen) atoms. The minimum absolute atomic E-state index is 0.0846. The van der Waals surface area contributed by atoms with E-state index in [0.29, 0.717) is 6.54 Å². The molecule has 1 aromatic heterocycles. The summed E-state index contributed by atoms with van der Waals surface area (Å²) in [4.78, 5) is 15.1. The fourth-order valence-corrected chi connectivity index (χ4v) is 2.65. The smallest absolute Gasteiger partial charge is 0.263 e. The van der Waals surface area contributed by atoms with E-state index < -0.39 is 0 Å². The van der Waals surface area contributed by atoms with Crippen LogP contribution < -0.4 is 0 Å². The van der Waals surface area contributed by atoms with Gasteiger partial charge in [-0.3, -0.25) is 19.8 Å². The molecule has 1 heterocycles. The molecule has 3 rings (SSSR count). The maximum Gasteiger partial charge on any atom is 0.269 e. The van der Waals surface area contributed by atoms with Crippen LogP contribution in [0.15, 0.2) is 59.6 Å². The van der Waals surface area contributed by atoms with Gasteiger partial charge >= 0.3 is 0 Å². The molecule has 6 nitrogen and oxygen atoms in total. The number of non-ortho nitro benzene ring substituents is 1. The van der Waals surface area contributed by atoms with E-state index in [1.807, 2.05) is 61.1 Å². The Morgan fingerprint density at radius 2 is 1.92 bits per heavy atom. The van der Waals surface area contributed by atoms with Gasteiger partial charge in [-0.2, -0.15) is 5.10 Å². The molecule has 0 radical (unpaired) electrons. The van der Waals surface area contributed by atoms with Gasteiger partial charge < -0.3 is 0 Å². The second kappa shape index (κ2) is 7.09. The molecule has 6 heteroatoms. The molecule has 0 aliphatic carbocycles. The van der Waals surface area contributed by atoms with Crippen molar-refractivity contribution in [2.45, 2.75) is 20.4 Å². The van der Waals surface area contributed by atoms with Crippen LogP contribution in [0.3, 0.4) is 0 Å². The van der Waals surface area contributed by atoms with E-state index >= 15 is 0 Å². The van der Waals surface area contributed by atoms with Crippen molar-refractivity contribution in [1.29, 1.82) is 0 Å². The Balaban J connectivity index is 1.86. The number of hydrogen-bond acceptors (Lipinski definition) is 4. The number of nitrogens with zero attached hydrogens (tertiary/aromatic N) is 4. The van der Waals surface area contributed by atoms with Gasteiger partial charge in [0, 0.05) is 18.3 Å². The summed E-state index contributed by atoms with van der Waals surface area (Å²) in [5.74, 6) is 0. The van der Waals surface area contributed by atoms with Gasteiger partial charge in [0.15, 0.2) is 0 Å². The molecule has 0 N–H and O–H groups in total. The maximum atomic E-state index is 10.9. The Bertz CT molecular complexity index is 930. The van der Waals surface area contributed by atoms with E-state index in [9.17, 15) is 10.1 Å². The second-order valence-electron chi connectivity index (χ2n) is 5.77. The topological polar surface area (TPSA) is 73.3 Å². The van der Waals surface area contributed by atoms with E-state index in [-0.39, 0.29) is 10.6 Å². The van der Waals surface area contributed by atoms with Crippen LogP contribution in [0.4, 0.5) is 11.4 Å². The Morgan fingerprint density at radius 1 is 1.16 bits per heavy atom. The van der Waals surface area contributed by atoms with E-state index in [2.05, 4.69) is 10.1 Å². The first-order chi connectivity index (χ1) is 12.0. The van der Waals surface area contributed by atoms with E-state index in [1.165, 1.54) is 6.07 Å². The predicted molar refractivity (Wildman–Crippen MR) is 97.6 cm³/mol. The average molecular weight is 334 g/mol. The Labute approximate surface area is 145 Å². The molecular weight excluding hydrogens is 316 g/mol. The second-order valence-corrected chi connectivity index (χ2v) is 5.77. The van der Waals surface area contributed by atoms with E-state index in [0.717, 1.165) is 28.2 Å². The highest BCUT2D eigenvalue weighted by atomic mass is 16.6. The lowest BCUT2D eigenvalue weighted by Crippen LogP contribution is -2.04. The third-order valence-electron chi connectivity index (χ3n) is 3.94. The fraction of sp³-hybridized carbons (Fsp3) is 0.158. The summed E-state index contributed by atoms with van der Waals surface area (Å²) < 4.78 is 1.83. The summed E-state index contributed by atoms with van der Waals surface area (Å²) in [6, 6.07) is 16.5. The maximum absolute atomic E-state index is 10.9. The zero-order valence-corrected chi connectivity index (χ0v) is 14.1. The lowest BCUT2D eigenvalue weighted by molar-refractivity contribution is -0.384. The Morgan fingerprint density at radius 3 is 2.64 bits per heavy atom. The van der Waals surface area contributed by atoms with Crippen LogP contribution in [0.5, 0.6) is 0 Å². The normalized spacial score (nSPS) is 11.1. The number of aryl methyl sites for hydroxylation is 1. The number of benzene rings is 2. The molecule has 0 aliphatic rings. The van der Waals surface area contributed by atoms with Gasteiger partial charge in [-0.25, -0.2) is 0 Å². The van der Waals surface area contributed by atoms with Crippen molar-refractivity contribution in [3.63, 3.8) is 0 Å². The molecule has 0 unspecified atom stereocenters. The quantitative estimate of drug-likeness (QED) is 0.398. The predicted octanol–water partition coefficient (Wildman–Crippen LogP) is 4.21. The zero-order chi connectivity index (χ0) is 17.8. The van der Waals surface area contributed by atoms with Crippen LogP contribution >= 0.6 is 0 Å². The largest absolute Gasteiger partial charge is 0.269 e. The molecule has 0 saturated heterocycles. The van der Waals surface area contributed by atoms with Crippen molar-refractivity contribution in [3.05, 3.63) is 87.2 Å². The highest BCUT2D eigenvalue weighted by Gasteiger charge is 2.12. The highest BCUT2D eigenvalue weighted by molar-refractivity contribution is 5.82. The van der Waals surface area contributed by atoms with Crippen molar-refractivity contribution in [3.8, 4) is 0 Å². The molecule has 0 fully saturated rings. The lowest BCUT2D eigenvalue weighted by Gasteiger charge is -2.04. The highest BCUT2D eigenvalue weighted by Crippen LogP contribution is 2.24. The van der Waals surface area contributed by atoms with Crippen LogP contribution in [-0.2, 0) is 6.54 Å². The van der Waals surface area contributed by atoms with E-state index in [1.54, 1.807) is 12.1 Å². The van der Waals surface area contributed by atoms with Gasteiger partial charge in [-0.15, -0.1) is 0 Å². The third kappa shape index (κ3) is 3.80. The van der Waals surface area contributed by atoms with Crippen molar-refractivity contribution >= 4 is 17.6 Å². The zero-order valence-electron chi connectivity index (χ0n) is 14.1. The third-order valence-corrected chi connectivity index (χ3v) is 3.94. The van der Waals surface area contributed by atoms with Crippen molar-refractivity contribution in [2.75, 3.05) is 0 Å². The molecule has 0 bridgehead atoms. The summed E-state index contributed by atoms with van der Waals surface area (Å²) in [5.41, 5.74) is 4.52. The fourth-order valence-electron chi connectivity index (χ4n) is 2.65. The van der Waals surface area contributed by atoms with Crippen molar-refractivity contribution < 1.29 is 4.92 Å². The Hall–Kier alpha value is -3.28. The minimum Gasteiger partial charge on any atom is -0.263 e. The van der Waals surface area contributed by atoms with Crippen LogP contribution in [0.25, 0.3) is 0 Å². The van der Waals surface area contributed by atoms with Gasteiger partial charge in [0.1, 0.15) is 5.69 Å². The molecule has 0 amide bonds. The number of aliphatic imine (C=N–C) groups is 1. The molecular formula is C19H18N4O2. The number of rotatable bonds is 5. The van der Waals surface area contributed by atoms with Gasteiger partial charge in [-0.05, 0) is 25.0 Å². The monoisotopic (exact) mass is 334 g/mol. The summed E-state index contributed by atoms with van der Waals surface area (Å²) in [6.45, 7) is 4.33. The van der Waals surface area contributed by atoms with E-state index in [4.69, 9.17) is 0 Å². The molecule has 0 atom stereocenters. The number of nitro benzene ring substituents is 1. The summed E-state index contributed by atoms with van der Waals surface area (Å²) in [6.07, 6.45) is 1.81. The number of hydrogen-bond donors (Lipinski definition) is 0. The van der Waals surface area contributed by atoms with Gasteiger partial charge in [0.25, 0.3) is 5.69 Å². The SMILES string of the molecule is Cc1nn(Cc2cccc([N+](=O)[O-])c2)c(C)c1N=Cc1ccccc1. The number of aromatic nitrogens is 2. The van der Waals surface area contributed by atoms with Gasteiger partial charge in [0.2, 0.25) is 0 Å². The first-order valence-corrected chi connectivity index (χ1v) is 7.91. The summed E-state index contributed by atoms with van der Waals surface area (Å²) in [7, 11) is 0. The standard InChI is InChI=1S/C19H18N4O2/c1-14-19(20-12-16-7-4-3-5-8-16)15(2)22(21-14)13-17-9-6-10-18(11-17)23(24)25/h3-12H,13H2,1-2H3. The summed E-state index contributed by atoms with van der Waals surface area (Å²) >= 11 is 0. The first kappa shape index (κ1) is 16.6. The van der Waals surface area contributed by atoms with Gasteiger partial charge in [-0.1, -0.05) is 42.5 Å². The van der Waals surface area contributed by atoms with Crippen molar-refractivity contribution in [1.82, 2.24) is 9.78 Å². The molecule has 0 spiro atoms. The van der Waals surface area contributed by atoms with Crippen molar-refractivity contribution in [2.24, 2.45) is 4.99 Å². The summed E-state index contributed by atoms with van der Waals surface area (Å²) in [5, 5.41) is 15.4. The lowest BCUT2D eigenvalue weighted by atomic mass is 10.2. The minimum atomic E-state index is -0.389. The molecule has 0 saturated carbocycles. The first-order valence-electron chi connectivity index (χ1n) is 7.91. The van der Waals surface area contributed by atoms with Crippen LogP contribution in [0.1, 0.15) is 22.5 Å².